The number of piperidine rings is 1. The van der Waals surface area contributed by atoms with Crippen LogP contribution in [0.2, 0.25) is 0 Å². The van der Waals surface area contributed by atoms with E-state index in [1.165, 1.54) is 28.6 Å². The maximum atomic E-state index is 12.7. The number of esters is 1. The Labute approximate surface area is 157 Å². The lowest BCUT2D eigenvalue weighted by Gasteiger charge is -2.30. The van der Waals surface area contributed by atoms with Gasteiger partial charge in [0, 0.05) is 19.2 Å². The first kappa shape index (κ1) is 19.1. The van der Waals surface area contributed by atoms with Gasteiger partial charge in [0.15, 0.2) is 0 Å². The van der Waals surface area contributed by atoms with Crippen molar-refractivity contribution in [2.24, 2.45) is 5.92 Å². The van der Waals surface area contributed by atoms with E-state index >= 15 is 0 Å². The summed E-state index contributed by atoms with van der Waals surface area (Å²) >= 11 is 0. The Kier molecular flexibility index (Phi) is 5.58. The lowest BCUT2D eigenvalue weighted by atomic mass is 9.98. The number of carbonyl (C=O) groups excluding carboxylic acids is 1. The lowest BCUT2D eigenvalue weighted by Crippen LogP contribution is -2.40. The first-order valence-electron chi connectivity index (χ1n) is 8.49. The number of carbonyl (C=O) groups is 1. The Hall–Kier alpha value is -2.70. The molecule has 0 amide bonds. The molecule has 1 aliphatic heterocycles. The topological polar surface area (TPSA) is 114 Å². The molecule has 1 aromatic heterocycles. The highest BCUT2D eigenvalue weighted by Crippen LogP contribution is 2.25. The summed E-state index contributed by atoms with van der Waals surface area (Å²) in [4.78, 5) is 12.3. The smallest absolute Gasteiger partial charge is 0.309 e. The van der Waals surface area contributed by atoms with E-state index in [2.05, 4.69) is 5.16 Å². The molecule has 3 rings (SSSR count). The molecule has 8 nitrogen and oxygen atoms in total. The molecule has 2 aromatic rings. The molecule has 9 heteroatoms. The maximum absolute atomic E-state index is 12.7. The van der Waals surface area contributed by atoms with Crippen molar-refractivity contribution in [1.29, 1.82) is 5.26 Å². The van der Waals surface area contributed by atoms with Gasteiger partial charge in [-0.2, -0.15) is 9.57 Å². The van der Waals surface area contributed by atoms with Crippen LogP contribution in [0.3, 0.4) is 0 Å². The molecule has 0 radical (unpaired) electrons. The van der Waals surface area contributed by atoms with Crippen LogP contribution in [-0.2, 0) is 26.2 Å². The van der Waals surface area contributed by atoms with E-state index in [0.717, 1.165) is 0 Å². The summed E-state index contributed by atoms with van der Waals surface area (Å²) < 4.78 is 36.9. The largest absolute Gasteiger partial charge is 0.459 e. The van der Waals surface area contributed by atoms with Crippen LogP contribution < -0.4 is 0 Å². The second-order valence-electron chi connectivity index (χ2n) is 6.35. The van der Waals surface area contributed by atoms with Gasteiger partial charge in [0.1, 0.15) is 18.1 Å². The Morgan fingerprint density at radius 1 is 1.33 bits per heavy atom. The highest BCUT2D eigenvalue weighted by molar-refractivity contribution is 7.89. The Bertz CT molecular complexity index is 952. The van der Waals surface area contributed by atoms with E-state index in [9.17, 15) is 13.2 Å². The summed E-state index contributed by atoms with van der Waals surface area (Å²) in [7, 11) is -3.64. The molecule has 0 saturated carbocycles. The molecule has 1 aromatic carbocycles. The number of nitriles is 1. The quantitative estimate of drug-likeness (QED) is 0.719. The zero-order valence-corrected chi connectivity index (χ0v) is 15.6. The number of aromatic nitrogens is 1. The fourth-order valence-corrected chi connectivity index (χ4v) is 4.40. The standard InChI is InChI=1S/C18H19N3O5S/c1-13-10-16(20-26-13)12-25-18(22)15-6-8-21(9-7-15)27(23,24)17-4-2-14(11-19)3-5-17/h2-5,10,15H,6-9,12H2,1H3. The molecule has 27 heavy (non-hydrogen) atoms. The molecule has 0 bridgehead atoms. The van der Waals surface area contributed by atoms with E-state index in [-0.39, 0.29) is 36.5 Å². The zero-order chi connectivity index (χ0) is 19.4. The van der Waals surface area contributed by atoms with Gasteiger partial charge in [-0.3, -0.25) is 4.79 Å². The minimum absolute atomic E-state index is 0.0416. The molecule has 0 atom stereocenters. The Morgan fingerprint density at radius 2 is 2.00 bits per heavy atom. The van der Waals surface area contributed by atoms with Crippen molar-refractivity contribution in [2.75, 3.05) is 13.1 Å². The Morgan fingerprint density at radius 3 is 2.56 bits per heavy atom. The van der Waals surface area contributed by atoms with Gasteiger partial charge >= 0.3 is 5.97 Å². The summed E-state index contributed by atoms with van der Waals surface area (Å²) in [5, 5.41) is 12.6. The average molecular weight is 389 g/mol. The van der Waals surface area contributed by atoms with Crippen molar-refractivity contribution in [3.63, 3.8) is 0 Å². The normalized spacial score (nSPS) is 16.0. The molecular weight excluding hydrogens is 370 g/mol. The second kappa shape index (κ2) is 7.90. The first-order chi connectivity index (χ1) is 12.9. The molecule has 1 saturated heterocycles. The maximum Gasteiger partial charge on any atom is 0.309 e. The van der Waals surface area contributed by atoms with Crippen LogP contribution in [0.4, 0.5) is 0 Å². The number of hydrogen-bond acceptors (Lipinski definition) is 7. The van der Waals surface area contributed by atoms with Gasteiger partial charge in [0.25, 0.3) is 0 Å². The van der Waals surface area contributed by atoms with Crippen LogP contribution in [0.25, 0.3) is 0 Å². The molecule has 2 heterocycles. The van der Waals surface area contributed by atoms with Crippen LogP contribution in [0.5, 0.6) is 0 Å². The molecule has 0 spiro atoms. The van der Waals surface area contributed by atoms with E-state index in [0.29, 0.717) is 29.9 Å². The van der Waals surface area contributed by atoms with E-state index in [4.69, 9.17) is 14.5 Å². The lowest BCUT2D eigenvalue weighted by molar-refractivity contribution is -0.151. The molecule has 0 unspecified atom stereocenters. The molecule has 1 fully saturated rings. The van der Waals surface area contributed by atoms with E-state index in [1.54, 1.807) is 13.0 Å². The van der Waals surface area contributed by atoms with E-state index in [1.807, 2.05) is 6.07 Å². The van der Waals surface area contributed by atoms with Crippen LogP contribution in [0, 0.1) is 24.2 Å². The number of hydrogen-bond donors (Lipinski definition) is 0. The summed E-state index contributed by atoms with van der Waals surface area (Å²) in [6.45, 7) is 2.28. The fraction of sp³-hybridized carbons (Fsp3) is 0.389. The number of benzene rings is 1. The SMILES string of the molecule is Cc1cc(COC(=O)C2CCN(S(=O)(=O)c3ccc(C#N)cc3)CC2)no1. The van der Waals surface area contributed by atoms with Crippen molar-refractivity contribution < 1.29 is 22.5 Å². The number of sulfonamides is 1. The van der Waals surface area contributed by atoms with Gasteiger partial charge in [-0.05, 0) is 44.0 Å². The Balaban J connectivity index is 1.55. The monoisotopic (exact) mass is 389 g/mol. The third-order valence-electron chi connectivity index (χ3n) is 4.45. The summed E-state index contributed by atoms with van der Waals surface area (Å²) in [5.41, 5.74) is 0.944. The number of aryl methyl sites for hydroxylation is 1. The predicted molar refractivity (Wildman–Crippen MR) is 93.7 cm³/mol. The van der Waals surface area contributed by atoms with Crippen LogP contribution >= 0.6 is 0 Å². The first-order valence-corrected chi connectivity index (χ1v) is 9.93. The minimum Gasteiger partial charge on any atom is -0.459 e. The van der Waals surface area contributed by atoms with Crippen molar-refractivity contribution in [3.05, 3.63) is 47.3 Å². The van der Waals surface area contributed by atoms with Crippen molar-refractivity contribution >= 4 is 16.0 Å². The molecule has 0 aliphatic carbocycles. The second-order valence-corrected chi connectivity index (χ2v) is 8.29. The van der Waals surface area contributed by atoms with Crippen LogP contribution in [-0.4, -0.2) is 36.9 Å². The number of nitrogens with zero attached hydrogens (tertiary/aromatic N) is 3. The number of rotatable bonds is 5. The van der Waals surface area contributed by atoms with Gasteiger partial charge in [-0.15, -0.1) is 0 Å². The van der Waals surface area contributed by atoms with Gasteiger partial charge in [-0.1, -0.05) is 5.16 Å². The highest BCUT2D eigenvalue weighted by atomic mass is 32.2. The van der Waals surface area contributed by atoms with Gasteiger partial charge in [0.05, 0.1) is 22.4 Å². The minimum atomic E-state index is -3.64. The summed E-state index contributed by atoms with van der Waals surface area (Å²) in [6.07, 6.45) is 0.790. The molecule has 142 valence electrons. The zero-order valence-electron chi connectivity index (χ0n) is 14.8. The predicted octanol–water partition coefficient (Wildman–Crippen LogP) is 2.00. The van der Waals surface area contributed by atoms with Gasteiger partial charge in [0.2, 0.25) is 10.0 Å². The van der Waals surface area contributed by atoms with Crippen molar-refractivity contribution in [2.45, 2.75) is 31.3 Å². The molecule has 0 N–H and O–H groups in total. The van der Waals surface area contributed by atoms with Gasteiger partial charge < -0.3 is 9.26 Å². The van der Waals surface area contributed by atoms with E-state index < -0.39 is 10.0 Å². The van der Waals surface area contributed by atoms with Crippen LogP contribution in [0.1, 0.15) is 29.9 Å². The molecular formula is C18H19N3O5S. The molecule has 1 aliphatic rings. The third kappa shape index (κ3) is 4.35. The van der Waals surface area contributed by atoms with Crippen LogP contribution in [0.15, 0.2) is 39.8 Å². The average Bonchev–Trinajstić information content (AvgIpc) is 3.11. The van der Waals surface area contributed by atoms with Gasteiger partial charge in [-0.25, -0.2) is 8.42 Å². The highest BCUT2D eigenvalue weighted by Gasteiger charge is 2.32. The summed E-state index contributed by atoms with van der Waals surface area (Å²) in [5.74, 6) is -0.0566. The van der Waals surface area contributed by atoms with Crippen molar-refractivity contribution in [1.82, 2.24) is 9.46 Å². The third-order valence-corrected chi connectivity index (χ3v) is 6.36. The summed E-state index contributed by atoms with van der Waals surface area (Å²) in [6, 6.07) is 9.45. The fourth-order valence-electron chi connectivity index (χ4n) is 2.93. The van der Waals surface area contributed by atoms with Crippen molar-refractivity contribution in [3.8, 4) is 6.07 Å². The number of ether oxygens (including phenoxy) is 1.